The third-order valence-corrected chi connectivity index (χ3v) is 3.85. The zero-order valence-corrected chi connectivity index (χ0v) is 14.8. The first-order valence-electron chi connectivity index (χ1n) is 8.25. The number of anilines is 1. The van der Waals surface area contributed by atoms with E-state index in [1.807, 2.05) is 18.2 Å². The maximum atomic E-state index is 12.1. The van der Waals surface area contributed by atoms with Crippen molar-refractivity contribution in [2.75, 3.05) is 11.9 Å². The molecule has 3 rings (SSSR count). The largest absolute Gasteiger partial charge is 0.464 e. The number of amides is 1. The van der Waals surface area contributed by atoms with Crippen LogP contribution in [0.5, 0.6) is 0 Å². The van der Waals surface area contributed by atoms with E-state index in [-0.39, 0.29) is 35.0 Å². The Hall–Kier alpha value is -3.68. The second-order valence-electron chi connectivity index (χ2n) is 5.59. The number of ether oxygens (including phenoxy) is 1. The summed E-state index contributed by atoms with van der Waals surface area (Å²) in [5.41, 5.74) is 1.35. The molecule has 0 aliphatic heterocycles. The fourth-order valence-corrected chi connectivity index (χ4v) is 2.77. The lowest BCUT2D eigenvalue weighted by Crippen LogP contribution is -2.16. The maximum absolute atomic E-state index is 12.1. The van der Waals surface area contributed by atoms with E-state index in [9.17, 15) is 14.9 Å². The van der Waals surface area contributed by atoms with Gasteiger partial charge in [-0.3, -0.25) is 15.4 Å². The van der Waals surface area contributed by atoms with Gasteiger partial charge in [0.25, 0.3) is 0 Å². The van der Waals surface area contributed by atoms with Crippen molar-refractivity contribution in [1.29, 1.82) is 0 Å². The van der Waals surface area contributed by atoms with Crippen molar-refractivity contribution in [2.24, 2.45) is 0 Å². The normalized spacial score (nSPS) is 10.4. The summed E-state index contributed by atoms with van der Waals surface area (Å²) in [4.78, 5) is 27.7. The smallest absolute Gasteiger partial charge is 0.411 e. The maximum Gasteiger partial charge on any atom is 0.411 e. The summed E-state index contributed by atoms with van der Waals surface area (Å²) < 4.78 is 10.4. The summed E-state index contributed by atoms with van der Waals surface area (Å²) in [5.74, 6) is 0.246. The fraction of sp³-hybridized carbons (Fsp3) is 0.158. The van der Waals surface area contributed by atoms with E-state index in [4.69, 9.17) is 9.15 Å². The third-order valence-electron chi connectivity index (χ3n) is 3.85. The van der Waals surface area contributed by atoms with Gasteiger partial charge in [0, 0.05) is 5.56 Å². The molecule has 1 aromatic carbocycles. The summed E-state index contributed by atoms with van der Waals surface area (Å²) in [7, 11) is 0. The van der Waals surface area contributed by atoms with Gasteiger partial charge in [-0.25, -0.2) is 9.78 Å². The van der Waals surface area contributed by atoms with Crippen LogP contribution in [0.3, 0.4) is 0 Å². The molecule has 0 bridgehead atoms. The zero-order chi connectivity index (χ0) is 19.4. The molecule has 1 amide bonds. The molecule has 0 spiro atoms. The topological polar surface area (TPSA) is 108 Å². The molecule has 8 heteroatoms. The predicted octanol–water partition coefficient (Wildman–Crippen LogP) is 4.79. The molecule has 0 saturated heterocycles. The van der Waals surface area contributed by atoms with Gasteiger partial charge in [-0.2, -0.15) is 0 Å². The molecule has 138 valence electrons. The number of furan rings is 1. The molecule has 0 radical (unpaired) electrons. The molecule has 8 nitrogen and oxygen atoms in total. The molecular formula is C19H17N3O5. The van der Waals surface area contributed by atoms with E-state index in [1.54, 1.807) is 38.1 Å². The number of hydrogen-bond acceptors (Lipinski definition) is 6. The van der Waals surface area contributed by atoms with Gasteiger partial charge < -0.3 is 9.15 Å². The van der Waals surface area contributed by atoms with Gasteiger partial charge in [0.15, 0.2) is 0 Å². The van der Waals surface area contributed by atoms with Crippen molar-refractivity contribution in [2.45, 2.75) is 13.8 Å². The highest BCUT2D eigenvalue weighted by molar-refractivity contribution is 6.00. The van der Waals surface area contributed by atoms with E-state index in [0.29, 0.717) is 11.3 Å². The van der Waals surface area contributed by atoms with Crippen LogP contribution in [0.4, 0.5) is 16.2 Å². The Balaban J connectivity index is 2.34. The summed E-state index contributed by atoms with van der Waals surface area (Å²) in [6, 6.07) is 12.3. The Morgan fingerprint density at radius 3 is 2.59 bits per heavy atom. The zero-order valence-electron chi connectivity index (χ0n) is 14.8. The van der Waals surface area contributed by atoms with Crippen molar-refractivity contribution >= 4 is 17.5 Å². The van der Waals surface area contributed by atoms with Crippen LogP contribution in [-0.2, 0) is 4.74 Å². The Labute approximate surface area is 154 Å². The van der Waals surface area contributed by atoms with Gasteiger partial charge in [0.05, 0.1) is 29.2 Å². The van der Waals surface area contributed by atoms with Gasteiger partial charge in [-0.15, -0.1) is 0 Å². The van der Waals surface area contributed by atoms with Crippen molar-refractivity contribution in [1.82, 2.24) is 4.98 Å². The number of pyridine rings is 1. The highest BCUT2D eigenvalue weighted by Gasteiger charge is 2.30. The number of aromatic nitrogens is 1. The number of aryl methyl sites for hydroxylation is 1. The summed E-state index contributed by atoms with van der Waals surface area (Å²) in [6.45, 7) is 3.37. The van der Waals surface area contributed by atoms with Crippen LogP contribution < -0.4 is 5.32 Å². The Kier molecular flexibility index (Phi) is 5.16. The highest BCUT2D eigenvalue weighted by Crippen LogP contribution is 2.43. The van der Waals surface area contributed by atoms with Crippen LogP contribution in [0, 0.1) is 17.0 Å². The number of hydrogen-bond donors (Lipinski definition) is 1. The summed E-state index contributed by atoms with van der Waals surface area (Å²) in [6.07, 6.45) is 0.674. The lowest BCUT2D eigenvalue weighted by atomic mass is 10.0. The van der Waals surface area contributed by atoms with Crippen molar-refractivity contribution < 1.29 is 18.9 Å². The van der Waals surface area contributed by atoms with Gasteiger partial charge in [-0.05, 0) is 26.0 Å². The molecule has 0 saturated carbocycles. The van der Waals surface area contributed by atoms with E-state index >= 15 is 0 Å². The van der Waals surface area contributed by atoms with Crippen molar-refractivity contribution in [3.8, 4) is 22.6 Å². The Bertz CT molecular complexity index is 969. The van der Waals surface area contributed by atoms with Gasteiger partial charge in [0.2, 0.25) is 0 Å². The quantitative estimate of drug-likeness (QED) is 0.513. The first-order chi connectivity index (χ1) is 13.0. The molecule has 2 heterocycles. The van der Waals surface area contributed by atoms with Crippen LogP contribution in [0.1, 0.15) is 12.6 Å². The first kappa shape index (κ1) is 18.1. The van der Waals surface area contributed by atoms with Gasteiger partial charge in [0.1, 0.15) is 17.0 Å². The fourth-order valence-electron chi connectivity index (χ4n) is 2.77. The minimum atomic E-state index is -0.734. The molecule has 1 N–H and O–H groups in total. The van der Waals surface area contributed by atoms with Crippen LogP contribution in [-0.4, -0.2) is 22.6 Å². The molecule has 0 aliphatic rings. The number of nitrogens with zero attached hydrogens (tertiary/aromatic N) is 2. The number of nitrogens with one attached hydrogen (secondary N) is 1. The second-order valence-corrected chi connectivity index (χ2v) is 5.59. The summed E-state index contributed by atoms with van der Waals surface area (Å²) in [5, 5.41) is 14.3. The van der Waals surface area contributed by atoms with Crippen molar-refractivity contribution in [3.63, 3.8) is 0 Å². The SMILES string of the molecule is CCOC(=O)Nc1c(-c2ccccc2)nc(C)c([N+](=O)[O-])c1-c1ccco1. The van der Waals surface area contributed by atoms with Gasteiger partial charge >= 0.3 is 11.8 Å². The summed E-state index contributed by atoms with van der Waals surface area (Å²) >= 11 is 0. The van der Waals surface area contributed by atoms with Crippen LogP contribution in [0.2, 0.25) is 0 Å². The predicted molar refractivity (Wildman–Crippen MR) is 99.4 cm³/mol. The molecular weight excluding hydrogens is 350 g/mol. The molecule has 3 aromatic rings. The second kappa shape index (κ2) is 7.69. The van der Waals surface area contributed by atoms with E-state index in [2.05, 4.69) is 10.3 Å². The average Bonchev–Trinajstić information content (AvgIpc) is 3.17. The monoisotopic (exact) mass is 367 g/mol. The van der Waals surface area contributed by atoms with Crippen LogP contribution in [0.15, 0.2) is 53.1 Å². The average molecular weight is 367 g/mol. The molecule has 2 aromatic heterocycles. The van der Waals surface area contributed by atoms with Crippen LogP contribution in [0.25, 0.3) is 22.6 Å². The van der Waals surface area contributed by atoms with Gasteiger partial charge in [-0.1, -0.05) is 30.3 Å². The standard InChI is InChI=1S/C19H17N3O5/c1-3-26-19(23)21-17-15(14-10-7-11-27-14)18(22(24)25)12(2)20-16(17)13-8-5-4-6-9-13/h4-11H,3H2,1-2H3,(H,21,23). The minimum absolute atomic E-state index is 0.143. The van der Waals surface area contributed by atoms with E-state index in [1.165, 1.54) is 6.26 Å². The lowest BCUT2D eigenvalue weighted by molar-refractivity contribution is -0.385. The third kappa shape index (κ3) is 3.64. The molecule has 0 aliphatic carbocycles. The molecule has 0 unspecified atom stereocenters. The van der Waals surface area contributed by atoms with E-state index < -0.39 is 11.0 Å². The minimum Gasteiger partial charge on any atom is -0.464 e. The highest BCUT2D eigenvalue weighted by atomic mass is 16.6. The number of carbonyl (C=O) groups is 1. The number of benzene rings is 1. The molecule has 0 atom stereocenters. The van der Waals surface area contributed by atoms with E-state index in [0.717, 1.165) is 0 Å². The van der Waals surface area contributed by atoms with Crippen LogP contribution >= 0.6 is 0 Å². The van der Waals surface area contributed by atoms with Crippen molar-refractivity contribution in [3.05, 3.63) is 64.5 Å². The lowest BCUT2D eigenvalue weighted by Gasteiger charge is -2.16. The number of carbonyl (C=O) groups excluding carboxylic acids is 1. The number of nitro groups is 1. The molecule has 27 heavy (non-hydrogen) atoms. The number of rotatable bonds is 5. The Morgan fingerprint density at radius 1 is 1.26 bits per heavy atom. The molecule has 0 fully saturated rings. The first-order valence-corrected chi connectivity index (χ1v) is 8.25. The Morgan fingerprint density at radius 2 is 2.00 bits per heavy atom.